The van der Waals surface area contributed by atoms with Crippen LogP contribution < -0.4 is 0 Å². The summed E-state index contributed by atoms with van der Waals surface area (Å²) in [7, 11) is -3.24. The monoisotopic (exact) mass is 321 g/mol. The highest BCUT2D eigenvalue weighted by molar-refractivity contribution is 7.89. The standard InChI is InChI=1S/C11H9Cl2NO2S2/c12-10-2-1-8(3-11(10)13)5-18(15,16)6-9-4-17-7-14-9/h1-4,7H,5-6H2. The zero-order valence-corrected chi connectivity index (χ0v) is 12.3. The molecule has 1 heterocycles. The van der Waals surface area contributed by atoms with E-state index in [9.17, 15) is 8.42 Å². The van der Waals surface area contributed by atoms with E-state index in [2.05, 4.69) is 4.98 Å². The predicted molar refractivity (Wildman–Crippen MR) is 74.9 cm³/mol. The molecule has 0 N–H and O–H groups in total. The number of aromatic nitrogens is 1. The second-order valence-electron chi connectivity index (χ2n) is 3.76. The van der Waals surface area contributed by atoms with E-state index < -0.39 is 9.84 Å². The molecule has 1 aromatic carbocycles. The van der Waals surface area contributed by atoms with E-state index in [1.54, 1.807) is 29.1 Å². The normalized spacial score (nSPS) is 11.7. The van der Waals surface area contributed by atoms with Crippen molar-refractivity contribution in [3.8, 4) is 0 Å². The highest BCUT2D eigenvalue weighted by Crippen LogP contribution is 2.24. The van der Waals surface area contributed by atoms with Crippen LogP contribution in [0.15, 0.2) is 29.1 Å². The smallest absolute Gasteiger partial charge is 0.160 e. The van der Waals surface area contributed by atoms with E-state index in [0.717, 1.165) is 0 Å². The zero-order valence-electron chi connectivity index (χ0n) is 9.14. The number of nitrogens with zero attached hydrogens (tertiary/aromatic N) is 1. The Morgan fingerprint density at radius 3 is 2.56 bits per heavy atom. The number of hydrogen-bond donors (Lipinski definition) is 0. The van der Waals surface area contributed by atoms with Crippen LogP contribution in [0, 0.1) is 0 Å². The minimum absolute atomic E-state index is 0.0588. The molecular formula is C11H9Cl2NO2S2. The first-order valence-electron chi connectivity index (χ1n) is 4.98. The number of hydrogen-bond acceptors (Lipinski definition) is 4. The van der Waals surface area contributed by atoms with Crippen LogP contribution in [0.1, 0.15) is 11.3 Å². The fourth-order valence-corrected chi connectivity index (χ4v) is 3.85. The third-order valence-corrected chi connectivity index (χ3v) is 5.10. The van der Waals surface area contributed by atoms with Gasteiger partial charge in [0.05, 0.1) is 32.8 Å². The van der Waals surface area contributed by atoms with Crippen LogP contribution in [0.3, 0.4) is 0 Å². The van der Waals surface area contributed by atoms with Crippen molar-refractivity contribution in [1.82, 2.24) is 4.98 Å². The molecule has 0 atom stereocenters. The molecule has 0 spiro atoms. The summed E-state index contributed by atoms with van der Waals surface area (Å²) in [5.74, 6) is -0.127. The third-order valence-electron chi connectivity index (χ3n) is 2.22. The van der Waals surface area contributed by atoms with Gasteiger partial charge in [-0.3, -0.25) is 0 Å². The lowest BCUT2D eigenvalue weighted by atomic mass is 10.2. The number of thiazole rings is 1. The quantitative estimate of drug-likeness (QED) is 0.864. The summed E-state index contributed by atoms with van der Waals surface area (Å²) in [4.78, 5) is 3.97. The molecule has 0 saturated heterocycles. The van der Waals surface area contributed by atoms with E-state index in [-0.39, 0.29) is 11.5 Å². The lowest BCUT2D eigenvalue weighted by Crippen LogP contribution is -2.07. The van der Waals surface area contributed by atoms with Crippen LogP contribution in [0.5, 0.6) is 0 Å². The number of rotatable bonds is 4. The Hall–Kier alpha value is -0.620. The molecule has 0 saturated carbocycles. The number of sulfone groups is 1. The van der Waals surface area contributed by atoms with E-state index in [4.69, 9.17) is 23.2 Å². The molecule has 2 rings (SSSR count). The molecule has 2 aromatic rings. The minimum atomic E-state index is -3.24. The van der Waals surface area contributed by atoms with Crippen molar-refractivity contribution in [2.75, 3.05) is 0 Å². The first-order chi connectivity index (χ1) is 8.46. The molecule has 0 fully saturated rings. The van der Waals surface area contributed by atoms with Crippen molar-refractivity contribution < 1.29 is 8.42 Å². The van der Waals surface area contributed by atoms with Gasteiger partial charge in [-0.05, 0) is 17.7 Å². The highest BCUT2D eigenvalue weighted by Gasteiger charge is 2.15. The first-order valence-corrected chi connectivity index (χ1v) is 8.50. The van der Waals surface area contributed by atoms with Gasteiger partial charge in [-0.15, -0.1) is 11.3 Å². The molecule has 3 nitrogen and oxygen atoms in total. The summed E-state index contributed by atoms with van der Waals surface area (Å²) < 4.78 is 23.9. The van der Waals surface area contributed by atoms with Crippen molar-refractivity contribution in [2.45, 2.75) is 11.5 Å². The van der Waals surface area contributed by atoms with Crippen LogP contribution >= 0.6 is 34.5 Å². The zero-order chi connectivity index (χ0) is 13.2. The van der Waals surface area contributed by atoms with E-state index in [1.807, 2.05) is 0 Å². The van der Waals surface area contributed by atoms with Gasteiger partial charge in [-0.25, -0.2) is 13.4 Å². The van der Waals surface area contributed by atoms with Crippen LogP contribution in [-0.2, 0) is 21.3 Å². The summed E-state index contributed by atoms with van der Waals surface area (Å²) in [6.45, 7) is 0. The summed E-state index contributed by atoms with van der Waals surface area (Å²) in [6, 6.07) is 4.83. The van der Waals surface area contributed by atoms with E-state index in [0.29, 0.717) is 21.3 Å². The predicted octanol–water partition coefficient (Wildman–Crippen LogP) is 3.56. The second-order valence-corrected chi connectivity index (χ2v) is 7.36. The van der Waals surface area contributed by atoms with Gasteiger partial charge in [0, 0.05) is 5.38 Å². The maximum absolute atomic E-state index is 12.0. The van der Waals surface area contributed by atoms with Crippen molar-refractivity contribution >= 4 is 44.4 Å². The Bertz CT molecular complexity index is 639. The highest BCUT2D eigenvalue weighted by atomic mass is 35.5. The third kappa shape index (κ3) is 3.68. The Morgan fingerprint density at radius 1 is 1.17 bits per heavy atom. The van der Waals surface area contributed by atoms with Crippen LogP contribution in [0.25, 0.3) is 0 Å². The van der Waals surface area contributed by atoms with Gasteiger partial charge >= 0.3 is 0 Å². The molecule has 1 aromatic heterocycles. The van der Waals surface area contributed by atoms with Gasteiger partial charge < -0.3 is 0 Å². The maximum atomic E-state index is 12.0. The molecule has 0 amide bonds. The average molecular weight is 322 g/mol. The Balaban J connectivity index is 2.14. The van der Waals surface area contributed by atoms with Crippen molar-refractivity contribution in [3.05, 3.63) is 50.4 Å². The maximum Gasteiger partial charge on any atom is 0.160 e. The fourth-order valence-electron chi connectivity index (χ4n) is 1.47. The lowest BCUT2D eigenvalue weighted by molar-refractivity contribution is 0.594. The van der Waals surface area contributed by atoms with Crippen LogP contribution in [0.4, 0.5) is 0 Å². The topological polar surface area (TPSA) is 47.0 Å². The molecule has 0 aliphatic rings. The molecule has 7 heteroatoms. The summed E-state index contributed by atoms with van der Waals surface area (Å²) >= 11 is 13.0. The molecule has 0 bridgehead atoms. The van der Waals surface area contributed by atoms with Crippen molar-refractivity contribution in [1.29, 1.82) is 0 Å². The van der Waals surface area contributed by atoms with E-state index in [1.165, 1.54) is 11.3 Å². The van der Waals surface area contributed by atoms with Gasteiger partial charge in [0.15, 0.2) is 9.84 Å². The minimum Gasteiger partial charge on any atom is -0.249 e. The van der Waals surface area contributed by atoms with Crippen LogP contribution in [-0.4, -0.2) is 13.4 Å². The second kappa shape index (κ2) is 5.57. The Morgan fingerprint density at radius 2 is 1.94 bits per heavy atom. The molecule has 0 aliphatic carbocycles. The van der Waals surface area contributed by atoms with Crippen molar-refractivity contribution in [3.63, 3.8) is 0 Å². The van der Waals surface area contributed by atoms with Gasteiger partial charge in [0.25, 0.3) is 0 Å². The average Bonchev–Trinajstić information content (AvgIpc) is 2.75. The summed E-state index contributed by atoms with van der Waals surface area (Å²) in [5.41, 5.74) is 2.81. The fraction of sp³-hybridized carbons (Fsp3) is 0.182. The van der Waals surface area contributed by atoms with Gasteiger partial charge in [-0.1, -0.05) is 29.3 Å². The molecule has 0 radical (unpaired) electrons. The van der Waals surface area contributed by atoms with Gasteiger partial charge in [0.2, 0.25) is 0 Å². The molecule has 0 unspecified atom stereocenters. The molecule has 96 valence electrons. The number of halogens is 2. The Kier molecular flexibility index (Phi) is 4.27. The van der Waals surface area contributed by atoms with Crippen molar-refractivity contribution in [2.24, 2.45) is 0 Å². The summed E-state index contributed by atoms with van der Waals surface area (Å²) in [6.07, 6.45) is 0. The molecule has 0 aliphatic heterocycles. The molecular weight excluding hydrogens is 313 g/mol. The largest absolute Gasteiger partial charge is 0.249 e. The van der Waals surface area contributed by atoms with Gasteiger partial charge in [0.1, 0.15) is 0 Å². The van der Waals surface area contributed by atoms with Crippen LogP contribution in [0.2, 0.25) is 10.0 Å². The molecule has 18 heavy (non-hydrogen) atoms. The Labute approximate surface area is 119 Å². The summed E-state index contributed by atoms with van der Waals surface area (Å²) in [5, 5.41) is 2.50. The van der Waals surface area contributed by atoms with Gasteiger partial charge in [-0.2, -0.15) is 0 Å². The number of benzene rings is 1. The lowest BCUT2D eigenvalue weighted by Gasteiger charge is -2.04. The first kappa shape index (κ1) is 13.8. The van der Waals surface area contributed by atoms with E-state index >= 15 is 0 Å². The SMILES string of the molecule is O=S(=O)(Cc1ccc(Cl)c(Cl)c1)Cc1cscn1.